The number of ether oxygens (including phenoxy) is 3. The second-order valence-corrected chi connectivity index (χ2v) is 6.46. The molecule has 0 bridgehead atoms. The van der Waals surface area contributed by atoms with Gasteiger partial charge >= 0.3 is 0 Å². The van der Waals surface area contributed by atoms with Crippen LogP contribution in [0.2, 0.25) is 5.02 Å². The topological polar surface area (TPSA) is 56.8 Å². The molecule has 0 aromatic heterocycles. The lowest BCUT2D eigenvalue weighted by molar-refractivity contribution is -0.122. The molecule has 1 heterocycles. The number of hydrogen-bond donors (Lipinski definition) is 1. The van der Waals surface area contributed by atoms with Gasteiger partial charge in [-0.3, -0.25) is 4.79 Å². The maximum absolute atomic E-state index is 12.5. The van der Waals surface area contributed by atoms with Gasteiger partial charge in [-0.15, -0.1) is 0 Å². The van der Waals surface area contributed by atoms with Gasteiger partial charge in [0.05, 0.1) is 12.3 Å². The third kappa shape index (κ3) is 4.90. The van der Waals surface area contributed by atoms with Crippen molar-refractivity contribution in [1.29, 1.82) is 0 Å². The van der Waals surface area contributed by atoms with E-state index in [-0.39, 0.29) is 11.8 Å². The van der Waals surface area contributed by atoms with Gasteiger partial charge in [-0.2, -0.15) is 0 Å². The average molecular weight is 376 g/mol. The van der Waals surface area contributed by atoms with Crippen molar-refractivity contribution < 1.29 is 19.0 Å². The van der Waals surface area contributed by atoms with Crippen molar-refractivity contribution in [3.63, 3.8) is 0 Å². The lowest BCUT2D eigenvalue weighted by Crippen LogP contribution is -2.28. The summed E-state index contributed by atoms with van der Waals surface area (Å²) >= 11 is 6.10. The average Bonchev–Trinajstić information content (AvgIpc) is 2.66. The fourth-order valence-electron chi connectivity index (χ4n) is 2.78. The van der Waals surface area contributed by atoms with Crippen molar-refractivity contribution in [2.45, 2.75) is 19.8 Å². The molecule has 1 aliphatic heterocycles. The molecule has 26 heavy (non-hydrogen) atoms. The van der Waals surface area contributed by atoms with Crippen molar-refractivity contribution in [2.75, 3.05) is 25.1 Å². The number of hydrogen-bond acceptors (Lipinski definition) is 4. The molecular weight excluding hydrogens is 354 g/mol. The molecule has 0 unspecified atom stereocenters. The number of carbonyl (C=O) groups excluding carboxylic acids is 1. The maximum atomic E-state index is 12.5. The minimum atomic E-state index is -0.0546. The molecule has 5 nitrogen and oxygen atoms in total. The first-order valence-corrected chi connectivity index (χ1v) is 9.12. The van der Waals surface area contributed by atoms with Gasteiger partial charge in [-0.25, -0.2) is 0 Å². The third-order valence-corrected chi connectivity index (χ3v) is 4.39. The fraction of sp³-hybridized carbons (Fsp3) is 0.350. The van der Waals surface area contributed by atoms with E-state index in [0.29, 0.717) is 42.0 Å². The highest BCUT2D eigenvalue weighted by molar-refractivity contribution is 6.31. The number of benzene rings is 2. The number of carbonyl (C=O) groups is 1. The van der Waals surface area contributed by atoms with Crippen molar-refractivity contribution in [3.05, 3.63) is 47.5 Å². The highest BCUT2D eigenvalue weighted by atomic mass is 35.5. The van der Waals surface area contributed by atoms with Gasteiger partial charge in [-0.05, 0) is 62.2 Å². The largest absolute Gasteiger partial charge is 0.494 e. The molecule has 0 atom stereocenters. The van der Waals surface area contributed by atoms with Gasteiger partial charge < -0.3 is 19.5 Å². The molecule has 1 fully saturated rings. The lowest BCUT2D eigenvalue weighted by Gasteiger charge is -2.22. The van der Waals surface area contributed by atoms with Gasteiger partial charge in [0.1, 0.15) is 11.5 Å². The third-order valence-electron chi connectivity index (χ3n) is 4.15. The SMILES string of the molecule is CCOc1ccc(Oc2ccc(Cl)cc2NC(=O)C2CCOCC2)cc1. The van der Waals surface area contributed by atoms with Gasteiger partial charge in [0, 0.05) is 24.2 Å². The molecule has 0 spiro atoms. The van der Waals surface area contributed by atoms with Crippen LogP contribution < -0.4 is 14.8 Å². The standard InChI is InChI=1S/C20H22ClNO4/c1-2-25-16-4-6-17(7-5-16)26-19-8-3-15(21)13-18(19)22-20(23)14-9-11-24-12-10-14/h3-8,13-14H,2,9-12H2,1H3,(H,22,23). The quantitative estimate of drug-likeness (QED) is 0.780. The van der Waals surface area contributed by atoms with E-state index in [1.807, 2.05) is 31.2 Å². The van der Waals surface area contributed by atoms with Gasteiger partial charge in [0.25, 0.3) is 0 Å². The van der Waals surface area contributed by atoms with E-state index in [1.54, 1.807) is 18.2 Å². The molecule has 1 aliphatic rings. The second kappa shape index (κ2) is 8.92. The summed E-state index contributed by atoms with van der Waals surface area (Å²) < 4.78 is 16.7. The van der Waals surface area contributed by atoms with Crippen LogP contribution in [0.5, 0.6) is 17.2 Å². The van der Waals surface area contributed by atoms with E-state index >= 15 is 0 Å². The Kier molecular flexibility index (Phi) is 6.36. The Morgan fingerprint density at radius 1 is 1.15 bits per heavy atom. The Balaban J connectivity index is 1.73. The van der Waals surface area contributed by atoms with Gasteiger partial charge in [-0.1, -0.05) is 11.6 Å². The smallest absolute Gasteiger partial charge is 0.227 e. The zero-order chi connectivity index (χ0) is 18.4. The van der Waals surface area contributed by atoms with Crippen LogP contribution in [-0.2, 0) is 9.53 Å². The summed E-state index contributed by atoms with van der Waals surface area (Å²) in [6, 6.07) is 12.5. The Morgan fingerprint density at radius 2 is 1.85 bits per heavy atom. The van der Waals surface area contributed by atoms with Gasteiger partial charge in [0.2, 0.25) is 5.91 Å². The summed E-state index contributed by atoms with van der Waals surface area (Å²) in [6.07, 6.45) is 1.45. The van der Waals surface area contributed by atoms with Gasteiger partial charge in [0.15, 0.2) is 5.75 Å². The number of nitrogens with one attached hydrogen (secondary N) is 1. The van der Waals surface area contributed by atoms with Crippen molar-refractivity contribution >= 4 is 23.2 Å². The van der Waals surface area contributed by atoms with Crippen LogP contribution in [-0.4, -0.2) is 25.7 Å². The number of amides is 1. The van der Waals surface area contributed by atoms with Crippen LogP contribution in [0.1, 0.15) is 19.8 Å². The zero-order valence-electron chi connectivity index (χ0n) is 14.7. The highest BCUT2D eigenvalue weighted by Gasteiger charge is 2.22. The molecule has 1 saturated heterocycles. The number of halogens is 1. The maximum Gasteiger partial charge on any atom is 0.227 e. The minimum absolute atomic E-state index is 0.0351. The van der Waals surface area contributed by atoms with Crippen LogP contribution in [0.3, 0.4) is 0 Å². The van der Waals surface area contributed by atoms with Crippen LogP contribution in [0.25, 0.3) is 0 Å². The van der Waals surface area contributed by atoms with Crippen molar-refractivity contribution in [2.24, 2.45) is 5.92 Å². The zero-order valence-corrected chi connectivity index (χ0v) is 15.4. The van der Waals surface area contributed by atoms with E-state index in [2.05, 4.69) is 5.32 Å². The molecule has 0 radical (unpaired) electrons. The molecule has 138 valence electrons. The van der Waals surface area contributed by atoms with E-state index in [9.17, 15) is 4.79 Å². The molecule has 2 aromatic carbocycles. The summed E-state index contributed by atoms with van der Waals surface area (Å²) in [5.41, 5.74) is 0.558. The monoisotopic (exact) mass is 375 g/mol. The Morgan fingerprint density at radius 3 is 2.54 bits per heavy atom. The van der Waals surface area contributed by atoms with Crippen LogP contribution in [0.4, 0.5) is 5.69 Å². The molecule has 1 N–H and O–H groups in total. The first-order chi connectivity index (χ1) is 12.7. The Labute approximate surface area is 158 Å². The molecular formula is C20H22ClNO4. The highest BCUT2D eigenvalue weighted by Crippen LogP contribution is 2.33. The van der Waals surface area contributed by atoms with E-state index in [1.165, 1.54) is 0 Å². The predicted molar refractivity (Wildman–Crippen MR) is 101 cm³/mol. The van der Waals surface area contributed by atoms with E-state index in [0.717, 1.165) is 18.6 Å². The van der Waals surface area contributed by atoms with E-state index in [4.69, 9.17) is 25.8 Å². The first kappa shape index (κ1) is 18.5. The summed E-state index contributed by atoms with van der Waals surface area (Å²) in [5.74, 6) is 1.88. The number of anilines is 1. The summed E-state index contributed by atoms with van der Waals surface area (Å²) in [6.45, 7) is 3.78. The summed E-state index contributed by atoms with van der Waals surface area (Å²) in [5, 5.41) is 3.48. The van der Waals surface area contributed by atoms with Crippen molar-refractivity contribution in [3.8, 4) is 17.2 Å². The Bertz CT molecular complexity index is 742. The molecule has 1 amide bonds. The normalized spacial score (nSPS) is 14.7. The molecule has 6 heteroatoms. The lowest BCUT2D eigenvalue weighted by atomic mass is 9.99. The summed E-state index contributed by atoms with van der Waals surface area (Å²) in [4.78, 5) is 12.5. The Hall–Kier alpha value is -2.24. The second-order valence-electron chi connectivity index (χ2n) is 6.02. The molecule has 0 aliphatic carbocycles. The van der Waals surface area contributed by atoms with Crippen LogP contribution in [0, 0.1) is 5.92 Å². The van der Waals surface area contributed by atoms with Crippen molar-refractivity contribution in [1.82, 2.24) is 0 Å². The predicted octanol–water partition coefficient (Wildman–Crippen LogP) is 4.90. The van der Waals surface area contributed by atoms with E-state index < -0.39 is 0 Å². The van der Waals surface area contributed by atoms with Crippen LogP contribution >= 0.6 is 11.6 Å². The first-order valence-electron chi connectivity index (χ1n) is 8.74. The summed E-state index contributed by atoms with van der Waals surface area (Å²) in [7, 11) is 0. The van der Waals surface area contributed by atoms with Crippen LogP contribution in [0.15, 0.2) is 42.5 Å². The molecule has 0 saturated carbocycles. The molecule has 2 aromatic rings. The fourth-order valence-corrected chi connectivity index (χ4v) is 2.95. The number of rotatable bonds is 6. The molecule has 3 rings (SSSR count). The minimum Gasteiger partial charge on any atom is -0.494 e.